The first-order chi connectivity index (χ1) is 7.66. The number of aliphatic hydroxyl groups is 1. The van der Waals surface area contributed by atoms with Gasteiger partial charge in [-0.15, -0.1) is 0 Å². The van der Waals surface area contributed by atoms with Crippen LogP contribution in [0.5, 0.6) is 5.19 Å². The highest BCUT2D eigenvalue weighted by Gasteiger charge is 2.11. The van der Waals surface area contributed by atoms with Gasteiger partial charge in [0.2, 0.25) is 0 Å². The monoisotopic (exact) mass is 237 g/mol. The first kappa shape index (κ1) is 11.0. The SMILES string of the molecule is CC(O)C(=O)COc1nc2ccccc2s1. The molecule has 84 valence electrons. The van der Waals surface area contributed by atoms with Crippen LogP contribution in [-0.2, 0) is 4.79 Å². The lowest BCUT2D eigenvalue weighted by Crippen LogP contribution is -2.23. The molecule has 1 N–H and O–H groups in total. The fourth-order valence-corrected chi connectivity index (χ4v) is 1.98. The summed E-state index contributed by atoms with van der Waals surface area (Å²) in [6.07, 6.45) is -0.991. The Balaban J connectivity index is 2.07. The highest BCUT2D eigenvalue weighted by Crippen LogP contribution is 2.27. The highest BCUT2D eigenvalue weighted by atomic mass is 32.1. The van der Waals surface area contributed by atoms with Crippen LogP contribution in [0.15, 0.2) is 24.3 Å². The number of ether oxygens (including phenoxy) is 1. The molecule has 1 aromatic heterocycles. The Hall–Kier alpha value is -1.46. The Bertz CT molecular complexity index is 474. The van der Waals surface area contributed by atoms with Gasteiger partial charge in [-0.05, 0) is 19.1 Å². The van der Waals surface area contributed by atoms with E-state index in [0.717, 1.165) is 10.2 Å². The van der Waals surface area contributed by atoms with Crippen molar-refractivity contribution in [2.45, 2.75) is 13.0 Å². The van der Waals surface area contributed by atoms with Gasteiger partial charge in [0, 0.05) is 0 Å². The van der Waals surface area contributed by atoms with Crippen molar-refractivity contribution in [3.05, 3.63) is 24.3 Å². The summed E-state index contributed by atoms with van der Waals surface area (Å²) in [5.74, 6) is -0.348. The van der Waals surface area contributed by atoms with E-state index in [1.54, 1.807) is 0 Å². The number of rotatable bonds is 4. The summed E-state index contributed by atoms with van der Waals surface area (Å²) in [6, 6.07) is 7.64. The minimum atomic E-state index is -0.991. The minimum Gasteiger partial charge on any atom is -0.462 e. The molecule has 1 heterocycles. The summed E-state index contributed by atoms with van der Waals surface area (Å²) >= 11 is 1.38. The topological polar surface area (TPSA) is 59.4 Å². The summed E-state index contributed by atoms with van der Waals surface area (Å²) in [7, 11) is 0. The molecule has 0 aliphatic heterocycles. The van der Waals surface area contributed by atoms with E-state index in [1.165, 1.54) is 18.3 Å². The lowest BCUT2D eigenvalue weighted by Gasteiger charge is -2.02. The predicted octanol–water partition coefficient (Wildman–Crippen LogP) is 1.62. The third-order valence-electron chi connectivity index (χ3n) is 2.08. The first-order valence-electron chi connectivity index (χ1n) is 4.86. The van der Waals surface area contributed by atoms with Gasteiger partial charge in [0.1, 0.15) is 6.10 Å². The second kappa shape index (κ2) is 4.59. The average Bonchev–Trinajstić information content (AvgIpc) is 2.68. The van der Waals surface area contributed by atoms with Gasteiger partial charge in [-0.2, -0.15) is 0 Å². The third kappa shape index (κ3) is 2.37. The molecule has 0 spiro atoms. The molecule has 2 aromatic rings. The molecule has 0 fully saturated rings. The van der Waals surface area contributed by atoms with Gasteiger partial charge >= 0.3 is 0 Å². The van der Waals surface area contributed by atoms with E-state index >= 15 is 0 Å². The summed E-state index contributed by atoms with van der Waals surface area (Å²) in [5, 5.41) is 9.45. The molecule has 0 bridgehead atoms. The van der Waals surface area contributed by atoms with Gasteiger partial charge in [-0.1, -0.05) is 23.5 Å². The smallest absolute Gasteiger partial charge is 0.274 e. The van der Waals surface area contributed by atoms with Crippen molar-refractivity contribution in [3.8, 4) is 5.19 Å². The molecule has 0 saturated carbocycles. The standard InChI is InChI=1S/C11H11NO3S/c1-7(13)9(14)6-15-11-12-8-4-2-3-5-10(8)16-11/h2-5,7,13H,6H2,1H3. The molecule has 0 aliphatic rings. The Morgan fingerprint density at radius 3 is 3.00 bits per heavy atom. The van der Waals surface area contributed by atoms with Gasteiger partial charge < -0.3 is 9.84 Å². The lowest BCUT2D eigenvalue weighted by molar-refractivity contribution is -0.128. The largest absolute Gasteiger partial charge is 0.462 e. The molecular formula is C11H11NO3S. The van der Waals surface area contributed by atoms with Crippen LogP contribution in [0.1, 0.15) is 6.92 Å². The normalized spacial score (nSPS) is 12.6. The molecule has 1 atom stereocenters. The minimum absolute atomic E-state index is 0.141. The van der Waals surface area contributed by atoms with Crippen LogP contribution in [0.25, 0.3) is 10.2 Å². The van der Waals surface area contributed by atoms with Crippen LogP contribution < -0.4 is 4.74 Å². The van der Waals surface area contributed by atoms with Gasteiger partial charge in [0.15, 0.2) is 12.4 Å². The first-order valence-corrected chi connectivity index (χ1v) is 5.67. The maximum absolute atomic E-state index is 11.1. The zero-order valence-corrected chi connectivity index (χ0v) is 9.53. The van der Waals surface area contributed by atoms with Crippen LogP contribution in [0.3, 0.4) is 0 Å². The number of aliphatic hydroxyl groups excluding tert-OH is 1. The molecule has 2 rings (SSSR count). The van der Waals surface area contributed by atoms with Crippen molar-refractivity contribution in [2.24, 2.45) is 0 Å². The number of carbonyl (C=O) groups is 1. The number of nitrogens with zero attached hydrogens (tertiary/aromatic N) is 1. The molecule has 0 radical (unpaired) electrons. The number of aromatic nitrogens is 1. The number of para-hydroxylation sites is 1. The average molecular weight is 237 g/mol. The van der Waals surface area contributed by atoms with Gasteiger partial charge in [-0.25, -0.2) is 4.98 Å². The summed E-state index contributed by atoms with van der Waals surface area (Å²) in [6.45, 7) is 1.28. The molecule has 1 unspecified atom stereocenters. The van der Waals surface area contributed by atoms with Crippen molar-refractivity contribution >= 4 is 27.3 Å². The van der Waals surface area contributed by atoms with Crippen molar-refractivity contribution in [3.63, 3.8) is 0 Å². The van der Waals surface area contributed by atoms with Crippen molar-refractivity contribution < 1.29 is 14.6 Å². The molecule has 4 nitrogen and oxygen atoms in total. The maximum atomic E-state index is 11.1. The molecule has 0 saturated heterocycles. The highest BCUT2D eigenvalue weighted by molar-refractivity contribution is 7.20. The molecule has 1 aromatic carbocycles. The third-order valence-corrected chi connectivity index (χ3v) is 3.03. The Labute approximate surface area is 96.5 Å². The number of benzene rings is 1. The molecule has 16 heavy (non-hydrogen) atoms. The van der Waals surface area contributed by atoms with Crippen molar-refractivity contribution in [1.82, 2.24) is 4.98 Å². The second-order valence-corrected chi connectivity index (χ2v) is 4.37. The number of hydrogen-bond acceptors (Lipinski definition) is 5. The molecule has 0 aliphatic carbocycles. The Morgan fingerprint density at radius 1 is 1.56 bits per heavy atom. The van der Waals surface area contributed by atoms with Crippen molar-refractivity contribution in [2.75, 3.05) is 6.61 Å². The molecule has 0 amide bonds. The van der Waals surface area contributed by atoms with E-state index in [9.17, 15) is 4.79 Å². The lowest BCUT2D eigenvalue weighted by atomic mass is 10.3. The Morgan fingerprint density at radius 2 is 2.31 bits per heavy atom. The summed E-state index contributed by atoms with van der Waals surface area (Å²) in [4.78, 5) is 15.3. The number of thiazole rings is 1. The second-order valence-electron chi connectivity index (χ2n) is 3.38. The van der Waals surface area contributed by atoms with Crippen molar-refractivity contribution in [1.29, 1.82) is 0 Å². The van der Waals surface area contributed by atoms with Crippen LogP contribution in [0.4, 0.5) is 0 Å². The van der Waals surface area contributed by atoms with E-state index in [4.69, 9.17) is 9.84 Å². The summed E-state index contributed by atoms with van der Waals surface area (Å²) < 4.78 is 6.23. The van der Waals surface area contributed by atoms with E-state index < -0.39 is 6.10 Å². The number of hydrogen-bond donors (Lipinski definition) is 1. The number of ketones is 1. The van der Waals surface area contributed by atoms with Gasteiger partial charge in [-0.3, -0.25) is 4.79 Å². The molecule has 5 heteroatoms. The van der Waals surface area contributed by atoms with E-state index in [2.05, 4.69) is 4.98 Å². The number of carbonyl (C=O) groups excluding carboxylic acids is 1. The zero-order valence-electron chi connectivity index (χ0n) is 8.71. The predicted molar refractivity (Wildman–Crippen MR) is 61.8 cm³/mol. The number of fused-ring (bicyclic) bond motifs is 1. The van der Waals surface area contributed by atoms with E-state index in [1.807, 2.05) is 24.3 Å². The maximum Gasteiger partial charge on any atom is 0.274 e. The zero-order chi connectivity index (χ0) is 11.5. The van der Waals surface area contributed by atoms with Crippen LogP contribution in [-0.4, -0.2) is 28.6 Å². The van der Waals surface area contributed by atoms with E-state index in [0.29, 0.717) is 5.19 Å². The summed E-state index contributed by atoms with van der Waals surface area (Å²) in [5.41, 5.74) is 0.854. The Kier molecular flexibility index (Phi) is 3.17. The fraction of sp³-hybridized carbons (Fsp3) is 0.273. The van der Waals surface area contributed by atoms with Crippen LogP contribution in [0.2, 0.25) is 0 Å². The van der Waals surface area contributed by atoms with Gasteiger partial charge in [0.05, 0.1) is 10.2 Å². The van der Waals surface area contributed by atoms with Crippen LogP contribution >= 0.6 is 11.3 Å². The molecular weight excluding hydrogens is 226 g/mol. The van der Waals surface area contributed by atoms with Crippen LogP contribution in [0, 0.1) is 0 Å². The quantitative estimate of drug-likeness (QED) is 0.878. The number of Topliss-reactive ketones (excluding diaryl/α,β-unsaturated/α-hetero) is 1. The van der Waals surface area contributed by atoms with E-state index in [-0.39, 0.29) is 12.4 Å². The van der Waals surface area contributed by atoms with Gasteiger partial charge in [0.25, 0.3) is 5.19 Å². The fourth-order valence-electron chi connectivity index (χ4n) is 1.17.